The van der Waals surface area contributed by atoms with Crippen molar-refractivity contribution in [2.75, 3.05) is 5.32 Å². The van der Waals surface area contributed by atoms with E-state index in [1.807, 2.05) is 24.3 Å². The van der Waals surface area contributed by atoms with Gasteiger partial charge in [-0.25, -0.2) is 4.98 Å². The molecule has 2 aromatic heterocycles. The first-order valence-electron chi connectivity index (χ1n) is 8.00. The SMILES string of the molecule is Cc1cc(NC(=O)c2ccccc2[N+](=O)[O-])n(-c2nc3ccccc3s2)n1. The van der Waals surface area contributed by atoms with Gasteiger partial charge < -0.3 is 5.32 Å². The molecule has 27 heavy (non-hydrogen) atoms. The Balaban J connectivity index is 1.72. The maximum absolute atomic E-state index is 12.6. The third-order valence-corrected chi connectivity index (χ3v) is 4.89. The monoisotopic (exact) mass is 379 g/mol. The summed E-state index contributed by atoms with van der Waals surface area (Å²) in [5.74, 6) is -0.181. The topological polar surface area (TPSA) is 103 Å². The third kappa shape index (κ3) is 3.15. The number of aryl methyl sites for hydroxylation is 1. The van der Waals surface area contributed by atoms with Crippen LogP contribution in [0.3, 0.4) is 0 Å². The molecule has 0 aliphatic rings. The first-order valence-corrected chi connectivity index (χ1v) is 8.82. The molecule has 0 saturated carbocycles. The minimum Gasteiger partial charge on any atom is -0.306 e. The Morgan fingerprint density at radius 3 is 2.70 bits per heavy atom. The van der Waals surface area contributed by atoms with E-state index in [1.165, 1.54) is 34.2 Å². The molecule has 0 fully saturated rings. The normalized spacial score (nSPS) is 10.9. The first kappa shape index (κ1) is 16.9. The summed E-state index contributed by atoms with van der Waals surface area (Å²) in [6.07, 6.45) is 0. The van der Waals surface area contributed by atoms with Crippen LogP contribution in [0.15, 0.2) is 54.6 Å². The summed E-state index contributed by atoms with van der Waals surface area (Å²) in [4.78, 5) is 27.8. The van der Waals surface area contributed by atoms with Gasteiger partial charge in [0.05, 0.1) is 20.8 Å². The standard InChI is InChI=1S/C18H13N5O3S/c1-11-10-16(20-17(24)12-6-2-4-8-14(12)23(25)26)22(21-11)18-19-13-7-3-5-9-15(13)27-18/h2-10H,1H3,(H,20,24). The van der Waals surface area contributed by atoms with Gasteiger partial charge in [-0.1, -0.05) is 35.6 Å². The highest BCUT2D eigenvalue weighted by atomic mass is 32.1. The number of benzene rings is 2. The molecule has 9 heteroatoms. The van der Waals surface area contributed by atoms with Crippen molar-refractivity contribution in [2.24, 2.45) is 0 Å². The van der Waals surface area contributed by atoms with Gasteiger partial charge in [0.1, 0.15) is 11.4 Å². The molecule has 0 unspecified atom stereocenters. The molecule has 4 aromatic rings. The summed E-state index contributed by atoms with van der Waals surface area (Å²) in [7, 11) is 0. The second kappa shape index (κ2) is 6.61. The van der Waals surface area contributed by atoms with Gasteiger partial charge in [-0.15, -0.1) is 0 Å². The van der Waals surface area contributed by atoms with Crippen molar-refractivity contribution >= 4 is 39.0 Å². The number of aromatic nitrogens is 3. The maximum atomic E-state index is 12.6. The molecule has 134 valence electrons. The maximum Gasteiger partial charge on any atom is 0.282 e. The predicted molar refractivity (Wildman–Crippen MR) is 103 cm³/mol. The molecule has 0 saturated heterocycles. The lowest BCUT2D eigenvalue weighted by molar-refractivity contribution is -0.385. The van der Waals surface area contributed by atoms with Crippen LogP contribution in [0.4, 0.5) is 11.5 Å². The number of thiazole rings is 1. The van der Waals surface area contributed by atoms with Crippen molar-refractivity contribution in [3.05, 3.63) is 76.0 Å². The highest BCUT2D eigenvalue weighted by Crippen LogP contribution is 2.27. The van der Waals surface area contributed by atoms with Gasteiger partial charge in [-0.3, -0.25) is 14.9 Å². The lowest BCUT2D eigenvalue weighted by atomic mass is 10.1. The van der Waals surface area contributed by atoms with Gasteiger partial charge in [0.25, 0.3) is 11.6 Å². The van der Waals surface area contributed by atoms with E-state index in [2.05, 4.69) is 15.4 Å². The fraction of sp³-hybridized carbons (Fsp3) is 0.0556. The van der Waals surface area contributed by atoms with E-state index in [-0.39, 0.29) is 11.3 Å². The van der Waals surface area contributed by atoms with Crippen molar-refractivity contribution < 1.29 is 9.72 Å². The van der Waals surface area contributed by atoms with Crippen molar-refractivity contribution in [1.29, 1.82) is 0 Å². The number of carbonyl (C=O) groups is 1. The van der Waals surface area contributed by atoms with Crippen LogP contribution in [0.25, 0.3) is 15.3 Å². The number of carbonyl (C=O) groups excluding carboxylic acids is 1. The van der Waals surface area contributed by atoms with Gasteiger partial charge >= 0.3 is 0 Å². The number of anilines is 1. The average Bonchev–Trinajstić information content (AvgIpc) is 3.24. The van der Waals surface area contributed by atoms with Gasteiger partial charge in [0.15, 0.2) is 0 Å². The van der Waals surface area contributed by atoms with E-state index < -0.39 is 10.8 Å². The van der Waals surface area contributed by atoms with Crippen LogP contribution in [-0.2, 0) is 0 Å². The number of amides is 1. The van der Waals surface area contributed by atoms with Crippen LogP contribution in [0.5, 0.6) is 0 Å². The average molecular weight is 379 g/mol. The molecule has 1 N–H and O–H groups in total. The smallest absolute Gasteiger partial charge is 0.282 e. The molecule has 0 aliphatic carbocycles. The molecule has 8 nitrogen and oxygen atoms in total. The van der Waals surface area contributed by atoms with E-state index in [0.717, 1.165) is 10.2 Å². The van der Waals surface area contributed by atoms with Crippen LogP contribution in [0.2, 0.25) is 0 Å². The third-order valence-electron chi connectivity index (χ3n) is 3.88. The number of nitro benzene ring substituents is 1. The van der Waals surface area contributed by atoms with E-state index in [1.54, 1.807) is 19.1 Å². The summed E-state index contributed by atoms with van der Waals surface area (Å²) in [5, 5.41) is 18.9. The zero-order valence-corrected chi connectivity index (χ0v) is 14.9. The number of rotatable bonds is 4. The van der Waals surface area contributed by atoms with Crippen molar-refractivity contribution in [2.45, 2.75) is 6.92 Å². The number of fused-ring (bicyclic) bond motifs is 1. The molecule has 1 amide bonds. The zero-order chi connectivity index (χ0) is 19.0. The van der Waals surface area contributed by atoms with E-state index in [9.17, 15) is 14.9 Å². The van der Waals surface area contributed by atoms with Crippen molar-refractivity contribution in [3.8, 4) is 5.13 Å². The number of nitrogens with zero attached hydrogens (tertiary/aromatic N) is 4. The lowest BCUT2D eigenvalue weighted by Crippen LogP contribution is -2.16. The van der Waals surface area contributed by atoms with Gasteiger partial charge in [-0.05, 0) is 25.1 Å². The Hall–Kier alpha value is -3.59. The molecule has 2 aromatic carbocycles. The van der Waals surface area contributed by atoms with Crippen LogP contribution in [-0.4, -0.2) is 25.6 Å². The highest BCUT2D eigenvalue weighted by molar-refractivity contribution is 7.20. The summed E-state index contributed by atoms with van der Waals surface area (Å²) >= 11 is 1.44. The zero-order valence-electron chi connectivity index (χ0n) is 14.1. The van der Waals surface area contributed by atoms with Crippen molar-refractivity contribution in [1.82, 2.24) is 14.8 Å². The number of hydrogen-bond donors (Lipinski definition) is 1. The molecule has 0 radical (unpaired) electrons. The molecular formula is C18H13N5O3S. The Kier molecular flexibility index (Phi) is 4.13. The molecular weight excluding hydrogens is 366 g/mol. The predicted octanol–water partition coefficient (Wildman–Crippen LogP) is 3.95. The van der Waals surface area contributed by atoms with Crippen molar-refractivity contribution in [3.63, 3.8) is 0 Å². The quantitative estimate of drug-likeness (QED) is 0.427. The molecule has 0 atom stereocenters. The van der Waals surface area contributed by atoms with Crippen LogP contribution in [0, 0.1) is 17.0 Å². The summed E-state index contributed by atoms with van der Waals surface area (Å²) < 4.78 is 2.53. The minimum atomic E-state index is -0.579. The fourth-order valence-corrected chi connectivity index (χ4v) is 3.62. The minimum absolute atomic E-state index is 0.0165. The Bertz CT molecular complexity index is 1150. The molecule has 0 aliphatic heterocycles. The highest BCUT2D eigenvalue weighted by Gasteiger charge is 2.21. The van der Waals surface area contributed by atoms with Gasteiger partial charge in [0, 0.05) is 12.1 Å². The van der Waals surface area contributed by atoms with E-state index in [4.69, 9.17) is 0 Å². The number of nitro groups is 1. The van der Waals surface area contributed by atoms with Gasteiger partial charge in [-0.2, -0.15) is 9.78 Å². The fourth-order valence-electron chi connectivity index (χ4n) is 2.69. The molecule has 2 heterocycles. The molecule has 0 bridgehead atoms. The van der Waals surface area contributed by atoms with Crippen LogP contribution in [0.1, 0.15) is 16.1 Å². The number of nitrogens with one attached hydrogen (secondary N) is 1. The second-order valence-electron chi connectivity index (χ2n) is 5.78. The van der Waals surface area contributed by atoms with Crippen LogP contribution < -0.4 is 5.32 Å². The Labute approximate surface area is 157 Å². The number of hydrogen-bond acceptors (Lipinski definition) is 6. The summed E-state index contributed by atoms with van der Waals surface area (Å²) in [6.45, 7) is 1.80. The summed E-state index contributed by atoms with van der Waals surface area (Å²) in [5.41, 5.74) is 1.25. The lowest BCUT2D eigenvalue weighted by Gasteiger charge is -2.07. The van der Waals surface area contributed by atoms with Gasteiger partial charge in [0.2, 0.25) is 5.13 Å². The largest absolute Gasteiger partial charge is 0.306 e. The molecule has 0 spiro atoms. The number of para-hydroxylation sites is 2. The molecule has 4 rings (SSSR count). The van der Waals surface area contributed by atoms with E-state index in [0.29, 0.717) is 16.6 Å². The van der Waals surface area contributed by atoms with E-state index >= 15 is 0 Å². The Morgan fingerprint density at radius 1 is 1.19 bits per heavy atom. The van der Waals surface area contributed by atoms with Crippen LogP contribution >= 0.6 is 11.3 Å². The second-order valence-corrected chi connectivity index (χ2v) is 6.78. The first-order chi connectivity index (χ1) is 13.0. The Morgan fingerprint density at radius 2 is 1.93 bits per heavy atom. The summed E-state index contributed by atoms with van der Waals surface area (Å²) in [6, 6.07) is 15.2.